The number of primary amides is 1. The van der Waals surface area contributed by atoms with E-state index >= 15 is 0 Å². The normalized spacial score (nSPS) is 22.8. The van der Waals surface area contributed by atoms with Crippen molar-refractivity contribution >= 4 is 103 Å². The van der Waals surface area contributed by atoms with Crippen molar-refractivity contribution in [2.45, 2.75) is 174 Å². The van der Waals surface area contributed by atoms with Gasteiger partial charge in [0.05, 0.1) is 53.6 Å². The Bertz CT molecular complexity index is 3220. The Morgan fingerprint density at radius 2 is 1.71 bits per heavy atom. The van der Waals surface area contributed by atoms with Gasteiger partial charge in [-0.25, -0.2) is 14.4 Å². The van der Waals surface area contributed by atoms with Gasteiger partial charge in [-0.05, 0) is 121 Å². The molecule has 0 spiro atoms. The molecule has 2 aliphatic heterocycles. The number of hydrogen-bond acceptors (Lipinski definition) is 17. The molecule has 2 aliphatic rings. The van der Waals surface area contributed by atoms with Crippen molar-refractivity contribution in [1.29, 1.82) is 0 Å². The van der Waals surface area contributed by atoms with E-state index in [1.54, 1.807) is 91.0 Å². The van der Waals surface area contributed by atoms with E-state index in [9.17, 15) is 53.4 Å². The summed E-state index contributed by atoms with van der Waals surface area (Å²) < 4.78 is 28.7. The summed E-state index contributed by atoms with van der Waals surface area (Å²) >= 11 is 10.2. The summed E-state index contributed by atoms with van der Waals surface area (Å²) in [7, 11) is 5.66. The van der Waals surface area contributed by atoms with Crippen molar-refractivity contribution in [2.75, 3.05) is 50.4 Å². The lowest BCUT2D eigenvalue weighted by Gasteiger charge is -2.43. The molecule has 5 rings (SSSR count). The second-order valence-electron chi connectivity index (χ2n) is 24.8. The molecule has 0 saturated carbocycles. The van der Waals surface area contributed by atoms with Gasteiger partial charge in [0.25, 0.3) is 5.91 Å². The molecular weight excluding hydrogens is 1280 g/mol. The number of alkyl halides is 1. The van der Waals surface area contributed by atoms with Gasteiger partial charge in [0, 0.05) is 69.3 Å². The number of pyridine rings is 1. The van der Waals surface area contributed by atoms with Crippen LogP contribution in [0.5, 0.6) is 5.75 Å². The van der Waals surface area contributed by atoms with Crippen LogP contribution in [0, 0.1) is 23.2 Å². The molecule has 3 aromatic rings. The highest BCUT2D eigenvalue weighted by atomic mass is 79.9. The molecule has 4 bridgehead atoms. The Morgan fingerprint density at radius 3 is 2.36 bits per heavy atom. The number of urea groups is 1. The first-order valence-electron chi connectivity index (χ1n) is 30.7. The Morgan fingerprint density at radius 1 is 1.00 bits per heavy atom. The molecule has 92 heavy (non-hydrogen) atoms. The number of carbonyl (C=O) groups is 9. The average molecular weight is 1370 g/mol. The number of fused-ring (bicyclic) bond motifs is 5. The minimum absolute atomic E-state index is 0.00942. The van der Waals surface area contributed by atoms with E-state index in [0.29, 0.717) is 42.0 Å². The number of anilines is 2. The molecule has 0 aliphatic carbocycles. The molecule has 27 heteroatoms. The van der Waals surface area contributed by atoms with Crippen LogP contribution in [-0.4, -0.2) is 168 Å². The molecule has 9 N–H and O–H groups in total. The van der Waals surface area contributed by atoms with Gasteiger partial charge in [-0.2, -0.15) is 0 Å². The number of alkyl carbamates (subject to hydrolysis) is 1. The number of aliphatic hydroxyl groups is 2. The second-order valence-corrected chi connectivity index (χ2v) is 25.7. The number of nitrogens with one attached hydrogen (secondary N) is 5. The number of benzene rings is 2. The SMILES string of the molecule is COc1cc2cc(c1Cl)N(C)C(=O)C[C@H](OC(=O)[C@H](C)N(C)C(=O)c1ccc(NC(=O)[C@H](CCCNC(N)=O)NC(=O)[C@@H](NC(=O)CCCCC(C)OC(=O)C(C)(C)CBr)C(C)C)c3cccnc13)C(C)[C@@H](O)[C@H](C)[C@@H]1C[C@@](O)(NC(=O)O1)[C@H](OC)/C=C/C=C(\C)C2. The van der Waals surface area contributed by atoms with Crippen LogP contribution in [-0.2, 0) is 54.1 Å². The van der Waals surface area contributed by atoms with Gasteiger partial charge in [-0.1, -0.05) is 79.0 Å². The van der Waals surface area contributed by atoms with Crippen LogP contribution >= 0.6 is 27.5 Å². The third kappa shape index (κ3) is 20.1. The minimum atomic E-state index is -2.00. The molecule has 8 amide bonds. The number of nitrogens with zero attached hydrogens (tertiary/aromatic N) is 3. The number of methoxy groups -OCH3 is 2. The maximum Gasteiger partial charge on any atom is 0.409 e. The number of esters is 2. The van der Waals surface area contributed by atoms with Crippen LogP contribution in [0.3, 0.4) is 0 Å². The minimum Gasteiger partial charge on any atom is -0.495 e. The molecule has 0 radical (unpaired) electrons. The van der Waals surface area contributed by atoms with E-state index in [2.05, 4.69) is 47.5 Å². The Labute approximate surface area is 551 Å². The number of aliphatic hydroxyl groups excluding tert-OH is 1. The summed E-state index contributed by atoms with van der Waals surface area (Å²) in [5.74, 6) is -6.45. The summed E-state index contributed by atoms with van der Waals surface area (Å²) in [4.78, 5) is 129. The van der Waals surface area contributed by atoms with Crippen molar-refractivity contribution in [3.05, 3.63) is 82.5 Å². The fraction of sp³-hybridized carbons (Fsp3) is 0.569. The highest BCUT2D eigenvalue weighted by Crippen LogP contribution is 2.38. The summed E-state index contributed by atoms with van der Waals surface area (Å²) in [6.45, 7) is 15.3. The van der Waals surface area contributed by atoms with E-state index in [1.165, 1.54) is 58.5 Å². The number of hydrogen-bond donors (Lipinski definition) is 8. The first-order chi connectivity index (χ1) is 43.3. The molecule has 2 unspecified atom stereocenters. The topological polar surface area (TPSA) is 346 Å². The zero-order chi connectivity index (χ0) is 68.5. The van der Waals surface area contributed by atoms with Crippen LogP contribution in [0.4, 0.5) is 21.0 Å². The first-order valence-corrected chi connectivity index (χ1v) is 32.2. The highest BCUT2D eigenvalue weighted by Gasteiger charge is 2.49. The fourth-order valence-electron chi connectivity index (χ4n) is 10.6. The third-order valence-corrected chi connectivity index (χ3v) is 18.5. The molecule has 1 saturated heterocycles. The zero-order valence-electron chi connectivity index (χ0n) is 54.7. The quantitative estimate of drug-likeness (QED) is 0.0191. The van der Waals surface area contributed by atoms with Crippen LogP contribution in [0.1, 0.15) is 130 Å². The molecular formula is C65H91BrClN9O16. The fourth-order valence-corrected chi connectivity index (χ4v) is 11.2. The van der Waals surface area contributed by atoms with Crippen LogP contribution in [0.25, 0.3) is 10.9 Å². The van der Waals surface area contributed by atoms with Crippen molar-refractivity contribution < 1.29 is 77.0 Å². The van der Waals surface area contributed by atoms with Crippen molar-refractivity contribution in [3.8, 4) is 5.75 Å². The van der Waals surface area contributed by atoms with E-state index in [0.717, 1.165) is 10.5 Å². The first kappa shape index (κ1) is 75.3. The lowest BCUT2D eigenvalue weighted by Crippen LogP contribution is -2.64. The van der Waals surface area contributed by atoms with Gasteiger partial charge in [-0.3, -0.25) is 39.1 Å². The van der Waals surface area contributed by atoms with Gasteiger partial charge >= 0.3 is 24.1 Å². The van der Waals surface area contributed by atoms with E-state index in [1.807, 2.05) is 6.92 Å². The number of allylic oxidation sites excluding steroid dienone is 3. The van der Waals surface area contributed by atoms with Gasteiger partial charge < -0.3 is 70.7 Å². The number of amides is 8. The van der Waals surface area contributed by atoms with Crippen LogP contribution < -0.4 is 42.0 Å². The van der Waals surface area contributed by atoms with Gasteiger partial charge in [0.2, 0.25) is 23.6 Å². The summed E-state index contributed by atoms with van der Waals surface area (Å²) in [6.07, 6.45) is 1.56. The number of likely N-dealkylation sites (N-methyl/N-ethyl adjacent to an activating group) is 1. The molecule has 3 heterocycles. The van der Waals surface area contributed by atoms with Gasteiger partial charge in [0.15, 0.2) is 5.72 Å². The highest BCUT2D eigenvalue weighted by molar-refractivity contribution is 9.09. The Balaban J connectivity index is 1.38. The number of carbonyl (C=O) groups excluding carboxylic acids is 9. The van der Waals surface area contributed by atoms with Gasteiger partial charge in [0.1, 0.15) is 47.2 Å². The molecule has 1 fully saturated rings. The molecule has 25 nitrogen and oxygen atoms in total. The maximum atomic E-state index is 14.7. The van der Waals surface area contributed by atoms with Crippen LogP contribution in [0.2, 0.25) is 5.02 Å². The number of aromatic nitrogens is 1. The standard InChI is InChI=1S/C65H91BrClN9O16/c1-35(2)54(73-51(77)24-15-14-20-37(4)90-61(84)64(8,9)34-66)58(81)72-45(22-18-28-70-62(68)85)57(80)71-44-26-25-43(55-42(44)21-17-27-69-55)59(82)75(10)40(7)60(83)91-47-32-52(78)76(11)46-30-41(31-48(88-12)53(46)67)29-36(3)19-16-23-50(89-13)65(87)33-49(92-63(86)74-65)39(6)56(79)38(47)5/h16-17,19,21,23,25-27,30-31,35,37-40,45,47,49-50,54,56,79,87H,14-15,18,20,22,24,28-29,32-34H2,1-13H3,(H,71,80)(H,72,81)(H,73,77)(H,74,86)(H3,68,70,85)/b23-16+,36-19+/t37?,38?,39-,40+,45+,47+,49+,50-,54+,56-,65+/m1/s1. The summed E-state index contributed by atoms with van der Waals surface area (Å²) in [6, 6.07) is 5.11. The smallest absolute Gasteiger partial charge is 0.409 e. The predicted molar refractivity (Wildman–Crippen MR) is 350 cm³/mol. The lowest BCUT2D eigenvalue weighted by atomic mass is 9.81. The van der Waals surface area contributed by atoms with Crippen molar-refractivity contribution in [3.63, 3.8) is 0 Å². The summed E-state index contributed by atoms with van der Waals surface area (Å²) in [5.41, 5.74) is 4.77. The number of unbranched alkanes of at least 4 members (excludes halogenated alkanes) is 1. The molecule has 506 valence electrons. The zero-order valence-corrected chi connectivity index (χ0v) is 57.0. The number of halogens is 2. The summed E-state index contributed by atoms with van der Waals surface area (Å²) in [5, 5.41) is 38.3. The van der Waals surface area contributed by atoms with Gasteiger partial charge in [-0.15, -0.1) is 0 Å². The monoisotopic (exact) mass is 1370 g/mol. The third-order valence-electron chi connectivity index (χ3n) is 16.7. The maximum absolute atomic E-state index is 14.7. The second kappa shape index (κ2) is 34.0. The molecule has 2 aromatic carbocycles. The van der Waals surface area contributed by atoms with E-state index < -0.39 is 125 Å². The van der Waals surface area contributed by atoms with Crippen molar-refractivity contribution in [2.24, 2.45) is 28.9 Å². The number of ether oxygens (including phenoxy) is 5. The van der Waals surface area contributed by atoms with E-state index in [-0.39, 0.29) is 77.5 Å². The molecule has 11 atom stereocenters. The predicted octanol–water partition coefficient (Wildman–Crippen LogP) is 7.14. The largest absolute Gasteiger partial charge is 0.495 e. The Kier molecular flexibility index (Phi) is 27.8. The Hall–Kier alpha value is -7.39. The lowest BCUT2D eigenvalue weighted by molar-refractivity contribution is -0.165. The number of rotatable bonds is 24. The van der Waals surface area contributed by atoms with Crippen LogP contribution in [0.15, 0.2) is 66.4 Å². The molecule has 1 aromatic heterocycles. The van der Waals surface area contributed by atoms with E-state index in [4.69, 9.17) is 41.0 Å². The average Bonchev–Trinajstić information content (AvgIpc) is 0.851. The number of nitrogens with two attached hydrogens (primary N) is 1. The van der Waals surface area contributed by atoms with Crippen molar-refractivity contribution in [1.82, 2.24) is 31.2 Å².